The Hall–Kier alpha value is -3.44. The number of unbranched alkanes of at least 4 members (excludes halogenated alkanes) is 3. The summed E-state index contributed by atoms with van der Waals surface area (Å²) in [6, 6.07) is 16.8. The van der Waals surface area contributed by atoms with Crippen molar-refractivity contribution in [3.63, 3.8) is 0 Å². The van der Waals surface area contributed by atoms with Crippen molar-refractivity contribution in [1.82, 2.24) is 0 Å². The minimum absolute atomic E-state index is 0.281. The van der Waals surface area contributed by atoms with E-state index in [1.54, 1.807) is 43.3 Å². The monoisotopic (exact) mass is 488 g/mol. The summed E-state index contributed by atoms with van der Waals surface area (Å²) in [5.74, 6) is -0.193. The number of allylic oxidation sites excluding steroid dienone is 2. The molecule has 0 fully saturated rings. The highest BCUT2D eigenvalue weighted by atomic mass is 16.6. The molecular formula is C31H36O5. The van der Waals surface area contributed by atoms with Gasteiger partial charge in [0.05, 0.1) is 0 Å². The van der Waals surface area contributed by atoms with Crippen LogP contribution in [-0.4, -0.2) is 36.7 Å². The fourth-order valence-corrected chi connectivity index (χ4v) is 3.99. The lowest BCUT2D eigenvalue weighted by molar-refractivity contribution is -0.169. The van der Waals surface area contributed by atoms with E-state index >= 15 is 0 Å². The number of rotatable bonds is 14. The molecule has 0 radical (unpaired) electrons. The summed E-state index contributed by atoms with van der Waals surface area (Å²) in [7, 11) is 0. The number of ketones is 1. The molecule has 1 aliphatic carbocycles. The lowest BCUT2D eigenvalue weighted by atomic mass is 9.89. The average Bonchev–Trinajstić information content (AvgIpc) is 2.92. The van der Waals surface area contributed by atoms with E-state index < -0.39 is 17.7 Å². The summed E-state index contributed by atoms with van der Waals surface area (Å²) in [6.45, 7) is 8.20. The number of benzene rings is 2. The maximum absolute atomic E-state index is 13.4. The molecule has 0 aliphatic heterocycles. The van der Waals surface area contributed by atoms with Crippen LogP contribution in [0.25, 0.3) is 5.57 Å². The van der Waals surface area contributed by atoms with Crippen LogP contribution in [0.3, 0.4) is 0 Å². The van der Waals surface area contributed by atoms with Crippen LogP contribution in [0.1, 0.15) is 61.9 Å². The van der Waals surface area contributed by atoms with Crippen molar-refractivity contribution in [1.29, 1.82) is 0 Å². The normalized spacial score (nSPS) is 17.7. The van der Waals surface area contributed by atoms with E-state index in [4.69, 9.17) is 14.2 Å². The van der Waals surface area contributed by atoms with Crippen molar-refractivity contribution in [3.05, 3.63) is 96.6 Å². The quantitative estimate of drug-likeness (QED) is 0.127. The summed E-state index contributed by atoms with van der Waals surface area (Å²) in [5.41, 5.74) is 1.29. The summed E-state index contributed by atoms with van der Waals surface area (Å²) in [5, 5.41) is 0. The molecule has 2 atom stereocenters. The second-order valence-corrected chi connectivity index (χ2v) is 8.90. The van der Waals surface area contributed by atoms with Gasteiger partial charge in [0.2, 0.25) is 5.78 Å². The van der Waals surface area contributed by atoms with Crippen LogP contribution in [-0.2, 0) is 14.3 Å². The number of hydrogen-bond acceptors (Lipinski definition) is 5. The van der Waals surface area contributed by atoms with Crippen molar-refractivity contribution in [2.75, 3.05) is 13.2 Å². The van der Waals surface area contributed by atoms with E-state index in [9.17, 15) is 9.59 Å². The van der Waals surface area contributed by atoms with E-state index in [-0.39, 0.29) is 5.78 Å². The number of carbonyl (C=O) groups is 2. The number of carbonyl (C=O) groups excluding carboxylic acids is 2. The average molecular weight is 489 g/mol. The van der Waals surface area contributed by atoms with E-state index in [2.05, 4.69) is 13.5 Å². The lowest BCUT2D eigenvalue weighted by Crippen LogP contribution is -2.44. The van der Waals surface area contributed by atoms with Crippen LogP contribution in [0.4, 0.5) is 0 Å². The number of Topliss-reactive ketones (excluding diaryl/α,β-unsaturated/α-hetero) is 1. The van der Waals surface area contributed by atoms with Crippen molar-refractivity contribution < 1.29 is 23.8 Å². The molecule has 0 amide bonds. The number of hydrogen-bond donors (Lipinski definition) is 0. The molecule has 0 saturated carbocycles. The predicted octanol–water partition coefficient (Wildman–Crippen LogP) is 6.75. The van der Waals surface area contributed by atoms with Gasteiger partial charge in [0, 0.05) is 18.6 Å². The second-order valence-electron chi connectivity index (χ2n) is 8.90. The first-order valence-corrected chi connectivity index (χ1v) is 12.7. The molecule has 1 aliphatic rings. The third-order valence-corrected chi connectivity index (χ3v) is 6.13. The van der Waals surface area contributed by atoms with Gasteiger partial charge in [-0.2, -0.15) is 0 Å². The standard InChI is InChI=1S/C31H36O5/c1-4-6-7-11-23-35-31(20-18-26(19-21-31)25-12-9-8-10-13-25)30(33)36-24(3)29(32)27-14-16-28(17-15-27)34-22-5-2/h5,8-10,12-20,24H,2,4,6-7,11,21-23H2,1,3H3. The summed E-state index contributed by atoms with van der Waals surface area (Å²) in [4.78, 5) is 26.3. The Morgan fingerprint density at radius 3 is 2.44 bits per heavy atom. The van der Waals surface area contributed by atoms with E-state index in [1.165, 1.54) is 0 Å². The Balaban J connectivity index is 1.69. The molecule has 5 nitrogen and oxygen atoms in total. The van der Waals surface area contributed by atoms with Crippen LogP contribution in [0, 0.1) is 0 Å². The first kappa shape index (κ1) is 27.2. The van der Waals surface area contributed by atoms with Crippen molar-refractivity contribution in [2.45, 2.75) is 57.7 Å². The first-order valence-electron chi connectivity index (χ1n) is 12.7. The predicted molar refractivity (Wildman–Crippen MR) is 143 cm³/mol. The van der Waals surface area contributed by atoms with E-state index in [0.29, 0.717) is 30.9 Å². The van der Waals surface area contributed by atoms with Crippen LogP contribution in [0.2, 0.25) is 0 Å². The van der Waals surface area contributed by atoms with Crippen LogP contribution in [0.5, 0.6) is 5.75 Å². The van der Waals surface area contributed by atoms with Crippen LogP contribution < -0.4 is 4.74 Å². The molecule has 0 heterocycles. The van der Waals surface area contributed by atoms with E-state index in [1.807, 2.05) is 42.5 Å². The highest BCUT2D eigenvalue weighted by Crippen LogP contribution is 2.31. The Labute approximate surface area is 214 Å². The van der Waals surface area contributed by atoms with Gasteiger partial charge in [0.25, 0.3) is 0 Å². The maximum atomic E-state index is 13.4. The number of ether oxygens (including phenoxy) is 3. The van der Waals surface area contributed by atoms with Gasteiger partial charge < -0.3 is 14.2 Å². The molecule has 36 heavy (non-hydrogen) atoms. The van der Waals surface area contributed by atoms with Gasteiger partial charge in [-0.1, -0.05) is 81.3 Å². The largest absolute Gasteiger partial charge is 0.490 e. The number of esters is 1. The Kier molecular flexibility index (Phi) is 10.3. The minimum Gasteiger partial charge on any atom is -0.490 e. The zero-order valence-electron chi connectivity index (χ0n) is 21.3. The molecular weight excluding hydrogens is 452 g/mol. The maximum Gasteiger partial charge on any atom is 0.343 e. The molecule has 5 heteroatoms. The van der Waals surface area contributed by atoms with Crippen molar-refractivity contribution in [2.24, 2.45) is 0 Å². The molecule has 2 unspecified atom stereocenters. The first-order chi connectivity index (χ1) is 17.5. The third kappa shape index (κ3) is 7.28. The zero-order valence-corrected chi connectivity index (χ0v) is 21.3. The molecule has 0 saturated heterocycles. The van der Waals surface area contributed by atoms with Crippen molar-refractivity contribution in [3.8, 4) is 5.75 Å². The summed E-state index contributed by atoms with van der Waals surface area (Å²) < 4.78 is 17.3. The highest BCUT2D eigenvalue weighted by Gasteiger charge is 2.41. The topological polar surface area (TPSA) is 61.8 Å². The molecule has 0 spiro atoms. The molecule has 0 N–H and O–H groups in total. The van der Waals surface area contributed by atoms with Gasteiger partial charge in [-0.3, -0.25) is 4.79 Å². The summed E-state index contributed by atoms with van der Waals surface area (Å²) >= 11 is 0. The molecule has 2 aromatic rings. The third-order valence-electron chi connectivity index (χ3n) is 6.13. The minimum atomic E-state index is -1.25. The van der Waals surface area contributed by atoms with Gasteiger partial charge in [-0.25, -0.2) is 4.79 Å². The van der Waals surface area contributed by atoms with Gasteiger partial charge in [-0.15, -0.1) is 0 Å². The smallest absolute Gasteiger partial charge is 0.343 e. The Morgan fingerprint density at radius 1 is 1.06 bits per heavy atom. The second kappa shape index (κ2) is 13.6. The summed E-state index contributed by atoms with van der Waals surface area (Å²) in [6.07, 6.45) is 10.9. The van der Waals surface area contributed by atoms with Gasteiger partial charge in [-0.05, 0) is 54.8 Å². The van der Waals surface area contributed by atoms with Gasteiger partial charge >= 0.3 is 5.97 Å². The molecule has 190 valence electrons. The van der Waals surface area contributed by atoms with Gasteiger partial charge in [0.1, 0.15) is 12.4 Å². The fraction of sp³-hybridized carbons (Fsp3) is 0.355. The Morgan fingerprint density at radius 2 is 1.81 bits per heavy atom. The van der Waals surface area contributed by atoms with E-state index in [0.717, 1.165) is 36.8 Å². The molecule has 2 aromatic carbocycles. The van der Waals surface area contributed by atoms with Crippen LogP contribution >= 0.6 is 0 Å². The van der Waals surface area contributed by atoms with Crippen molar-refractivity contribution >= 4 is 17.3 Å². The lowest BCUT2D eigenvalue weighted by Gasteiger charge is -2.31. The highest BCUT2D eigenvalue weighted by molar-refractivity contribution is 6.01. The van der Waals surface area contributed by atoms with Crippen LogP contribution in [0.15, 0.2) is 85.5 Å². The zero-order chi connectivity index (χ0) is 25.8. The molecule has 0 bridgehead atoms. The fourth-order valence-electron chi connectivity index (χ4n) is 3.99. The molecule has 0 aromatic heterocycles. The SMILES string of the molecule is C=CCOc1ccc(C(=O)C(C)OC(=O)C2(OCCCCCC)C=CC(c3ccccc3)=CC2)cc1. The van der Waals surface area contributed by atoms with Gasteiger partial charge in [0.15, 0.2) is 11.7 Å². The molecule has 3 rings (SSSR count). The Bertz CT molecular complexity index is 1070.